The fourth-order valence-corrected chi connectivity index (χ4v) is 2.71. The van der Waals surface area contributed by atoms with Gasteiger partial charge in [-0.2, -0.15) is 0 Å². The summed E-state index contributed by atoms with van der Waals surface area (Å²) in [5.41, 5.74) is 3.79. The number of benzene rings is 2. The summed E-state index contributed by atoms with van der Waals surface area (Å²) < 4.78 is 0. The van der Waals surface area contributed by atoms with Gasteiger partial charge in [0.15, 0.2) is 0 Å². The maximum Gasteiger partial charge on any atom is 0.0440 e. The number of halogens is 2. The predicted molar refractivity (Wildman–Crippen MR) is 84.3 cm³/mol. The van der Waals surface area contributed by atoms with Crippen molar-refractivity contribution in [3.63, 3.8) is 0 Å². The Morgan fingerprint density at radius 3 is 2.21 bits per heavy atom. The Balaban J connectivity index is 2.02. The molecule has 2 aromatic carbocycles. The van der Waals surface area contributed by atoms with Gasteiger partial charge in [0.25, 0.3) is 0 Å². The van der Waals surface area contributed by atoms with Gasteiger partial charge < -0.3 is 0 Å². The highest BCUT2D eigenvalue weighted by atomic mass is 35.5. The summed E-state index contributed by atoms with van der Waals surface area (Å²) >= 11 is 12.3. The van der Waals surface area contributed by atoms with Gasteiger partial charge in [0.1, 0.15) is 0 Å². The highest BCUT2D eigenvalue weighted by Gasteiger charge is 2.02. The topological polar surface area (TPSA) is 0 Å². The fourth-order valence-electron chi connectivity index (χ4n) is 2.20. The van der Waals surface area contributed by atoms with Gasteiger partial charge in [-0.15, -0.1) is 0 Å². The van der Waals surface area contributed by atoms with Crippen LogP contribution in [0.2, 0.25) is 10.0 Å². The Bertz CT molecular complexity index is 547. The van der Waals surface area contributed by atoms with Gasteiger partial charge in [-0.05, 0) is 54.2 Å². The van der Waals surface area contributed by atoms with Crippen LogP contribution in [0.15, 0.2) is 42.5 Å². The van der Waals surface area contributed by atoms with Crippen LogP contribution in [-0.4, -0.2) is 0 Å². The lowest BCUT2D eigenvalue weighted by atomic mass is 10.0. The van der Waals surface area contributed by atoms with Crippen molar-refractivity contribution < 1.29 is 0 Å². The molecule has 2 heteroatoms. The SMILES string of the molecule is CCCc1ccc(CCc2cccc(Cl)c2)cc1Cl. The lowest BCUT2D eigenvalue weighted by molar-refractivity contribution is 0.914. The molecule has 0 N–H and O–H groups in total. The Morgan fingerprint density at radius 2 is 1.58 bits per heavy atom. The quantitative estimate of drug-likeness (QED) is 0.660. The summed E-state index contributed by atoms with van der Waals surface area (Å²) in [6.07, 6.45) is 4.16. The van der Waals surface area contributed by atoms with Crippen molar-refractivity contribution in [2.45, 2.75) is 32.6 Å². The normalized spacial score (nSPS) is 10.7. The standard InChI is InChI=1S/C17H18Cl2/c1-2-4-15-10-9-14(12-17(15)19)8-7-13-5-3-6-16(18)11-13/h3,5-6,9-12H,2,4,7-8H2,1H3. The molecular formula is C17H18Cl2. The van der Waals surface area contributed by atoms with Crippen LogP contribution in [-0.2, 0) is 19.3 Å². The first-order chi connectivity index (χ1) is 9.19. The van der Waals surface area contributed by atoms with Gasteiger partial charge in [0.05, 0.1) is 0 Å². The summed E-state index contributed by atoms with van der Waals surface area (Å²) in [4.78, 5) is 0. The molecule has 0 unspecified atom stereocenters. The zero-order valence-corrected chi connectivity index (χ0v) is 12.6. The van der Waals surface area contributed by atoms with Crippen molar-refractivity contribution in [1.82, 2.24) is 0 Å². The third-order valence-electron chi connectivity index (χ3n) is 3.23. The van der Waals surface area contributed by atoms with E-state index in [0.29, 0.717) is 0 Å². The van der Waals surface area contributed by atoms with Gasteiger partial charge >= 0.3 is 0 Å². The second-order valence-corrected chi connectivity index (χ2v) is 5.65. The second-order valence-electron chi connectivity index (χ2n) is 4.81. The van der Waals surface area contributed by atoms with Crippen LogP contribution in [0.4, 0.5) is 0 Å². The highest BCUT2D eigenvalue weighted by Crippen LogP contribution is 2.21. The van der Waals surface area contributed by atoms with E-state index in [9.17, 15) is 0 Å². The maximum absolute atomic E-state index is 6.29. The molecule has 0 atom stereocenters. The Labute approximate surface area is 125 Å². The molecule has 19 heavy (non-hydrogen) atoms. The molecule has 0 fully saturated rings. The van der Waals surface area contributed by atoms with Crippen molar-refractivity contribution in [1.29, 1.82) is 0 Å². The molecule has 0 aliphatic rings. The molecule has 0 heterocycles. The van der Waals surface area contributed by atoms with Crippen molar-refractivity contribution in [2.75, 3.05) is 0 Å². The van der Waals surface area contributed by atoms with Crippen LogP contribution >= 0.6 is 23.2 Å². The predicted octanol–water partition coefficient (Wildman–Crippen LogP) is 5.73. The summed E-state index contributed by atoms with van der Waals surface area (Å²) in [6.45, 7) is 2.17. The van der Waals surface area contributed by atoms with Crippen LogP contribution in [0.1, 0.15) is 30.0 Å². The molecule has 0 saturated carbocycles. The molecule has 0 nitrogen and oxygen atoms in total. The van der Waals surface area contributed by atoms with Crippen molar-refractivity contribution in [3.8, 4) is 0 Å². The Hall–Kier alpha value is -0.980. The van der Waals surface area contributed by atoms with E-state index >= 15 is 0 Å². The molecule has 0 aliphatic carbocycles. The number of hydrogen-bond acceptors (Lipinski definition) is 0. The number of hydrogen-bond donors (Lipinski definition) is 0. The molecule has 0 aliphatic heterocycles. The van der Waals surface area contributed by atoms with Crippen LogP contribution in [0, 0.1) is 0 Å². The van der Waals surface area contributed by atoms with Crippen molar-refractivity contribution >= 4 is 23.2 Å². The number of aryl methyl sites for hydroxylation is 3. The van der Waals surface area contributed by atoms with E-state index in [4.69, 9.17) is 23.2 Å². The average molecular weight is 293 g/mol. The minimum Gasteiger partial charge on any atom is -0.0843 e. The van der Waals surface area contributed by atoms with Crippen LogP contribution < -0.4 is 0 Å². The van der Waals surface area contributed by atoms with E-state index < -0.39 is 0 Å². The summed E-state index contributed by atoms with van der Waals surface area (Å²) in [6, 6.07) is 14.5. The van der Waals surface area contributed by atoms with Gasteiger partial charge in [-0.3, -0.25) is 0 Å². The smallest absolute Gasteiger partial charge is 0.0440 e. The summed E-state index contributed by atoms with van der Waals surface area (Å²) in [5.74, 6) is 0. The van der Waals surface area contributed by atoms with Crippen LogP contribution in [0.3, 0.4) is 0 Å². The maximum atomic E-state index is 6.29. The molecule has 0 saturated heterocycles. The third-order valence-corrected chi connectivity index (χ3v) is 3.82. The first kappa shape index (κ1) is 14.4. The minimum atomic E-state index is 0.800. The molecule has 0 bridgehead atoms. The number of rotatable bonds is 5. The molecule has 100 valence electrons. The first-order valence-corrected chi connectivity index (χ1v) is 7.46. The van der Waals surface area contributed by atoms with E-state index in [1.807, 2.05) is 18.2 Å². The molecule has 0 aromatic heterocycles. The van der Waals surface area contributed by atoms with Gasteiger partial charge in [-0.1, -0.05) is 60.8 Å². The zero-order chi connectivity index (χ0) is 13.7. The molecule has 0 spiro atoms. The largest absolute Gasteiger partial charge is 0.0843 e. The average Bonchev–Trinajstić information content (AvgIpc) is 2.39. The fraction of sp³-hybridized carbons (Fsp3) is 0.294. The highest BCUT2D eigenvalue weighted by molar-refractivity contribution is 6.31. The van der Waals surface area contributed by atoms with Crippen molar-refractivity contribution in [3.05, 3.63) is 69.2 Å². The second kappa shape index (κ2) is 6.98. The summed E-state index contributed by atoms with van der Waals surface area (Å²) in [7, 11) is 0. The Kier molecular flexibility index (Phi) is 5.30. The lowest BCUT2D eigenvalue weighted by Gasteiger charge is -2.07. The molecular weight excluding hydrogens is 275 g/mol. The first-order valence-electron chi connectivity index (χ1n) is 6.71. The molecule has 0 radical (unpaired) electrons. The molecule has 0 amide bonds. The van der Waals surface area contributed by atoms with E-state index in [1.165, 1.54) is 16.7 Å². The Morgan fingerprint density at radius 1 is 0.842 bits per heavy atom. The zero-order valence-electron chi connectivity index (χ0n) is 11.1. The van der Waals surface area contributed by atoms with Gasteiger partial charge in [-0.25, -0.2) is 0 Å². The third kappa shape index (κ3) is 4.26. The van der Waals surface area contributed by atoms with Gasteiger partial charge in [0, 0.05) is 10.0 Å². The monoisotopic (exact) mass is 292 g/mol. The van der Waals surface area contributed by atoms with Gasteiger partial charge in [0.2, 0.25) is 0 Å². The molecule has 2 rings (SSSR count). The van der Waals surface area contributed by atoms with Crippen LogP contribution in [0.25, 0.3) is 0 Å². The van der Waals surface area contributed by atoms with Crippen molar-refractivity contribution in [2.24, 2.45) is 0 Å². The van der Waals surface area contributed by atoms with E-state index in [0.717, 1.165) is 35.7 Å². The van der Waals surface area contributed by atoms with E-state index in [2.05, 4.69) is 31.2 Å². The summed E-state index contributed by atoms with van der Waals surface area (Å²) in [5, 5.41) is 1.69. The lowest BCUT2D eigenvalue weighted by Crippen LogP contribution is -1.93. The minimum absolute atomic E-state index is 0.800. The van der Waals surface area contributed by atoms with E-state index in [-0.39, 0.29) is 0 Å². The van der Waals surface area contributed by atoms with Crippen LogP contribution in [0.5, 0.6) is 0 Å². The molecule has 2 aromatic rings. The van der Waals surface area contributed by atoms with E-state index in [1.54, 1.807) is 0 Å².